The molecule has 0 bridgehead atoms. The van der Waals surface area contributed by atoms with Crippen LogP contribution in [0.4, 0.5) is 24.5 Å². The number of nitrogens with one attached hydrogen (secondary N) is 4. The van der Waals surface area contributed by atoms with E-state index >= 15 is 0 Å². The Morgan fingerprint density at radius 3 is 2.56 bits per heavy atom. The number of hydrogen-bond acceptors (Lipinski definition) is 5. The average molecular weight is 472 g/mol. The molecule has 1 saturated carbocycles. The number of amides is 1. The number of carbonyl (C=O) groups is 1. The highest BCUT2D eigenvalue weighted by Gasteiger charge is 2.34. The number of halogens is 3. The zero-order valence-corrected chi connectivity index (χ0v) is 18.9. The Morgan fingerprint density at radius 2 is 1.76 bits per heavy atom. The first-order chi connectivity index (χ1) is 16.4. The highest BCUT2D eigenvalue weighted by molar-refractivity contribution is 5.99. The van der Waals surface area contributed by atoms with Crippen LogP contribution in [0.1, 0.15) is 41.7 Å². The van der Waals surface area contributed by atoms with Gasteiger partial charge in [0.15, 0.2) is 0 Å². The molecule has 0 spiro atoms. The van der Waals surface area contributed by atoms with Gasteiger partial charge in [-0.05, 0) is 43.0 Å². The van der Waals surface area contributed by atoms with Crippen LogP contribution in [0.3, 0.4) is 0 Å². The topological polar surface area (TPSA) is 78.1 Å². The third kappa shape index (κ3) is 5.41. The molecular formula is C25H28F3N5O. The van der Waals surface area contributed by atoms with E-state index in [1.165, 1.54) is 0 Å². The second-order valence-electron chi connectivity index (χ2n) is 8.50. The first-order valence-corrected chi connectivity index (χ1v) is 11.4. The maximum absolute atomic E-state index is 13.4. The summed E-state index contributed by atoms with van der Waals surface area (Å²) in [5.74, 6) is -0.116. The Morgan fingerprint density at radius 1 is 1.03 bits per heavy atom. The van der Waals surface area contributed by atoms with Crippen LogP contribution < -0.4 is 21.5 Å². The van der Waals surface area contributed by atoms with Crippen LogP contribution in [-0.2, 0) is 6.18 Å². The van der Waals surface area contributed by atoms with Gasteiger partial charge in [-0.25, -0.2) is 10.4 Å². The van der Waals surface area contributed by atoms with E-state index < -0.39 is 11.9 Å². The second kappa shape index (κ2) is 10.3. The largest absolute Gasteiger partial charge is 0.433 e. The molecule has 180 valence electrons. The van der Waals surface area contributed by atoms with E-state index in [2.05, 4.69) is 26.5 Å². The fourth-order valence-corrected chi connectivity index (χ4v) is 4.51. The van der Waals surface area contributed by atoms with Crippen molar-refractivity contribution in [3.05, 3.63) is 65.9 Å². The third-order valence-corrected chi connectivity index (χ3v) is 6.26. The number of alkyl halides is 3. The number of anilines is 2. The number of pyridine rings is 1. The van der Waals surface area contributed by atoms with Crippen LogP contribution >= 0.6 is 0 Å². The number of rotatable bonds is 7. The number of para-hydroxylation sites is 2. The van der Waals surface area contributed by atoms with Gasteiger partial charge in [0, 0.05) is 36.4 Å². The molecule has 2 aromatic carbocycles. The van der Waals surface area contributed by atoms with Crippen molar-refractivity contribution in [3.63, 3.8) is 0 Å². The summed E-state index contributed by atoms with van der Waals surface area (Å²) in [6.07, 6.45) is -0.761. The lowest BCUT2D eigenvalue weighted by Crippen LogP contribution is -2.45. The van der Waals surface area contributed by atoms with Gasteiger partial charge in [-0.2, -0.15) is 13.2 Å². The van der Waals surface area contributed by atoms with Crippen molar-refractivity contribution >= 4 is 28.2 Å². The third-order valence-electron chi connectivity index (χ3n) is 6.26. The maximum atomic E-state index is 13.4. The van der Waals surface area contributed by atoms with Crippen LogP contribution in [0.25, 0.3) is 10.9 Å². The molecule has 3 aromatic rings. The fraction of sp³-hybridized carbons (Fsp3) is 0.360. The van der Waals surface area contributed by atoms with Crippen molar-refractivity contribution in [2.75, 3.05) is 24.2 Å². The molecule has 1 fully saturated rings. The lowest BCUT2D eigenvalue weighted by atomic mass is 9.84. The Bertz CT molecular complexity index is 1150. The van der Waals surface area contributed by atoms with Crippen molar-refractivity contribution in [1.82, 2.24) is 15.8 Å². The van der Waals surface area contributed by atoms with E-state index in [0.717, 1.165) is 37.4 Å². The van der Waals surface area contributed by atoms with Gasteiger partial charge < -0.3 is 10.6 Å². The monoisotopic (exact) mass is 471 g/mol. The number of aromatic nitrogens is 1. The molecule has 34 heavy (non-hydrogen) atoms. The fourth-order valence-electron chi connectivity index (χ4n) is 4.51. The molecule has 0 saturated heterocycles. The van der Waals surface area contributed by atoms with E-state index in [0.29, 0.717) is 28.7 Å². The molecule has 0 aliphatic heterocycles. The van der Waals surface area contributed by atoms with Gasteiger partial charge in [-0.3, -0.25) is 10.2 Å². The lowest BCUT2D eigenvalue weighted by molar-refractivity contribution is -0.140. The first-order valence-electron chi connectivity index (χ1n) is 11.4. The molecule has 0 radical (unpaired) electrons. The van der Waals surface area contributed by atoms with Crippen LogP contribution in [0.15, 0.2) is 54.6 Å². The molecule has 1 aliphatic carbocycles. The highest BCUT2D eigenvalue weighted by Crippen LogP contribution is 2.35. The average Bonchev–Trinajstić information content (AvgIpc) is 2.84. The number of benzene rings is 2. The standard InChI is InChI=1S/C25H28F3N5O/c1-29-20-12-6-4-10-18(20)24(34)33-30-15-16-8-2-5-11-19(16)31-22-14-23(25(26,27)28)32-21-13-7-3-9-17(21)22/h3-4,6-7,9-10,12-14,16,19,29-30H,2,5,8,11,15H2,1H3,(H,31,32)(H,33,34)/t16?,19-/m0/s1. The Hall–Kier alpha value is -3.33. The number of nitrogens with zero attached hydrogens (tertiary/aromatic N) is 1. The summed E-state index contributed by atoms with van der Waals surface area (Å²) < 4.78 is 40.3. The van der Waals surface area contributed by atoms with Gasteiger partial charge in [0.25, 0.3) is 5.91 Å². The predicted octanol–water partition coefficient (Wildman–Crippen LogP) is 5.20. The van der Waals surface area contributed by atoms with E-state index in [-0.39, 0.29) is 17.9 Å². The molecule has 1 unspecified atom stereocenters. The summed E-state index contributed by atoms with van der Waals surface area (Å²) in [6.45, 7) is 0.500. The maximum Gasteiger partial charge on any atom is 0.433 e. The first kappa shape index (κ1) is 23.8. The van der Waals surface area contributed by atoms with E-state index in [1.54, 1.807) is 43.4 Å². The molecule has 1 aromatic heterocycles. The Labute approximate surface area is 196 Å². The molecule has 4 N–H and O–H groups in total. The van der Waals surface area contributed by atoms with Gasteiger partial charge in [-0.1, -0.05) is 43.2 Å². The second-order valence-corrected chi connectivity index (χ2v) is 8.50. The summed E-state index contributed by atoms with van der Waals surface area (Å²) in [5.41, 5.74) is 6.87. The van der Waals surface area contributed by atoms with E-state index in [1.807, 2.05) is 12.1 Å². The van der Waals surface area contributed by atoms with Crippen molar-refractivity contribution in [2.45, 2.75) is 37.9 Å². The van der Waals surface area contributed by atoms with Gasteiger partial charge >= 0.3 is 6.18 Å². The summed E-state index contributed by atoms with van der Waals surface area (Å²) in [5, 5.41) is 7.03. The van der Waals surface area contributed by atoms with E-state index in [4.69, 9.17) is 0 Å². The van der Waals surface area contributed by atoms with Gasteiger partial charge in [0.1, 0.15) is 5.69 Å². The predicted molar refractivity (Wildman–Crippen MR) is 128 cm³/mol. The molecule has 2 atom stereocenters. The number of carbonyl (C=O) groups excluding carboxylic acids is 1. The molecule has 1 heterocycles. The van der Waals surface area contributed by atoms with Gasteiger partial charge in [0.2, 0.25) is 0 Å². The highest BCUT2D eigenvalue weighted by atomic mass is 19.4. The number of hydrogen-bond donors (Lipinski definition) is 4. The van der Waals surface area contributed by atoms with Crippen LogP contribution in [-0.4, -0.2) is 30.5 Å². The van der Waals surface area contributed by atoms with Crippen molar-refractivity contribution in [2.24, 2.45) is 5.92 Å². The zero-order chi connectivity index (χ0) is 24.1. The molecule has 6 nitrogen and oxygen atoms in total. The minimum atomic E-state index is -4.53. The van der Waals surface area contributed by atoms with Crippen molar-refractivity contribution in [1.29, 1.82) is 0 Å². The normalized spacial score (nSPS) is 18.5. The number of hydrazine groups is 1. The zero-order valence-electron chi connectivity index (χ0n) is 18.9. The molecule has 9 heteroatoms. The summed E-state index contributed by atoms with van der Waals surface area (Å²) >= 11 is 0. The van der Waals surface area contributed by atoms with Gasteiger partial charge in [0.05, 0.1) is 11.1 Å². The van der Waals surface area contributed by atoms with Crippen LogP contribution in [0.2, 0.25) is 0 Å². The quantitative estimate of drug-likeness (QED) is 0.356. The molecular weight excluding hydrogens is 443 g/mol. The molecule has 4 rings (SSSR count). The van der Waals surface area contributed by atoms with Crippen molar-refractivity contribution < 1.29 is 18.0 Å². The summed E-state index contributed by atoms with van der Waals surface area (Å²) in [7, 11) is 1.75. The molecule has 1 amide bonds. The minimum Gasteiger partial charge on any atom is -0.387 e. The number of fused-ring (bicyclic) bond motifs is 1. The minimum absolute atomic E-state index is 0.0327. The lowest BCUT2D eigenvalue weighted by Gasteiger charge is -2.33. The molecule has 1 aliphatic rings. The Kier molecular flexibility index (Phi) is 7.21. The summed E-state index contributed by atoms with van der Waals surface area (Å²) in [4.78, 5) is 16.4. The summed E-state index contributed by atoms with van der Waals surface area (Å²) in [6, 6.07) is 15.1. The van der Waals surface area contributed by atoms with Crippen molar-refractivity contribution in [3.8, 4) is 0 Å². The van der Waals surface area contributed by atoms with Crippen LogP contribution in [0.5, 0.6) is 0 Å². The van der Waals surface area contributed by atoms with E-state index in [9.17, 15) is 18.0 Å². The smallest absolute Gasteiger partial charge is 0.387 e. The van der Waals surface area contributed by atoms with Gasteiger partial charge in [-0.15, -0.1) is 0 Å². The Balaban J connectivity index is 1.47. The van der Waals surface area contributed by atoms with Crippen LogP contribution in [0, 0.1) is 5.92 Å². The SMILES string of the molecule is CNc1ccccc1C(=O)NNCC1CCCC[C@@H]1Nc1cc(C(F)(F)F)nc2ccccc12.